The minimum absolute atomic E-state index is 0.0938. The van der Waals surface area contributed by atoms with Crippen LogP contribution in [-0.4, -0.2) is 26.0 Å². The van der Waals surface area contributed by atoms with Gasteiger partial charge in [0.15, 0.2) is 5.82 Å². The molecule has 0 amide bonds. The summed E-state index contributed by atoms with van der Waals surface area (Å²) < 4.78 is 12.9. The molecule has 0 spiro atoms. The molecule has 6 heteroatoms. The first kappa shape index (κ1) is 15.0. The van der Waals surface area contributed by atoms with E-state index >= 15 is 0 Å². The first-order valence-corrected chi connectivity index (χ1v) is 6.77. The molecule has 0 fully saturated rings. The van der Waals surface area contributed by atoms with Gasteiger partial charge in [0, 0.05) is 17.0 Å². The van der Waals surface area contributed by atoms with Gasteiger partial charge >= 0.3 is 5.97 Å². The molecule has 1 N–H and O–H groups in total. The molecule has 0 radical (unpaired) electrons. The number of carboxylic acids is 1. The fourth-order valence-corrected chi connectivity index (χ4v) is 2.14. The van der Waals surface area contributed by atoms with E-state index < -0.39 is 11.8 Å². The van der Waals surface area contributed by atoms with E-state index in [1.807, 2.05) is 13.8 Å². The molecule has 0 saturated heterocycles. The van der Waals surface area contributed by atoms with Crippen LogP contribution in [0.2, 0.25) is 0 Å². The number of hydrogen-bond donors (Lipinski definition) is 1. The van der Waals surface area contributed by atoms with Crippen LogP contribution in [0.4, 0.5) is 4.39 Å². The maximum Gasteiger partial charge on any atom is 0.307 e. The number of aliphatic carboxylic acids is 1. The first-order chi connectivity index (χ1) is 10.0. The second-order valence-corrected chi connectivity index (χ2v) is 4.56. The highest BCUT2D eigenvalue weighted by Gasteiger charge is 2.16. The average molecular weight is 289 g/mol. The first-order valence-electron chi connectivity index (χ1n) is 6.77. The number of aromatic nitrogens is 3. The van der Waals surface area contributed by atoms with Crippen LogP contribution < -0.4 is 0 Å². The van der Waals surface area contributed by atoms with Gasteiger partial charge in [0.05, 0.1) is 12.6 Å². The lowest BCUT2D eigenvalue weighted by Crippen LogP contribution is -2.12. The Labute approximate surface area is 121 Å². The monoisotopic (exact) mass is 289 g/mol. The van der Waals surface area contributed by atoms with E-state index in [1.165, 1.54) is 12.1 Å². The molecule has 0 atom stereocenters. The topological polar surface area (TPSA) is 76.0 Å². The lowest BCUT2D eigenvalue weighted by molar-refractivity contribution is -0.136. The molecular formula is C15H16FN3O2. The van der Waals surface area contributed by atoms with Crippen LogP contribution in [0, 0.1) is 5.82 Å². The van der Waals surface area contributed by atoms with Crippen LogP contribution in [0.15, 0.2) is 18.3 Å². The van der Waals surface area contributed by atoms with Crippen molar-refractivity contribution in [3.05, 3.63) is 41.1 Å². The highest BCUT2D eigenvalue weighted by atomic mass is 19.1. The third-order valence-electron chi connectivity index (χ3n) is 3.13. The zero-order chi connectivity index (χ0) is 15.4. The summed E-state index contributed by atoms with van der Waals surface area (Å²) in [5.41, 5.74) is 2.54. The van der Waals surface area contributed by atoms with Crippen LogP contribution in [0.25, 0.3) is 11.5 Å². The third kappa shape index (κ3) is 3.39. The van der Waals surface area contributed by atoms with Crippen LogP contribution in [0.3, 0.4) is 0 Å². The van der Waals surface area contributed by atoms with Gasteiger partial charge in [0.2, 0.25) is 0 Å². The molecule has 0 aliphatic carbocycles. The molecule has 0 bridgehead atoms. The summed E-state index contributed by atoms with van der Waals surface area (Å²) in [6, 6.07) is 2.81. The predicted octanol–water partition coefficient (Wildman–Crippen LogP) is 2.43. The number of aryl methyl sites for hydroxylation is 2. The van der Waals surface area contributed by atoms with Crippen molar-refractivity contribution in [2.45, 2.75) is 33.1 Å². The van der Waals surface area contributed by atoms with E-state index in [2.05, 4.69) is 15.0 Å². The molecule has 110 valence electrons. The van der Waals surface area contributed by atoms with E-state index in [4.69, 9.17) is 5.11 Å². The van der Waals surface area contributed by atoms with Gasteiger partial charge in [0.1, 0.15) is 11.5 Å². The van der Waals surface area contributed by atoms with Crippen molar-refractivity contribution in [2.75, 3.05) is 0 Å². The minimum Gasteiger partial charge on any atom is -0.481 e. The molecule has 0 aliphatic rings. The van der Waals surface area contributed by atoms with Gasteiger partial charge < -0.3 is 5.11 Å². The summed E-state index contributed by atoms with van der Waals surface area (Å²) in [4.78, 5) is 23.7. The van der Waals surface area contributed by atoms with E-state index in [9.17, 15) is 9.18 Å². The lowest BCUT2D eigenvalue weighted by Gasteiger charge is -2.12. The molecule has 21 heavy (non-hydrogen) atoms. The number of rotatable bonds is 5. The normalized spacial score (nSPS) is 10.6. The van der Waals surface area contributed by atoms with Gasteiger partial charge in [-0.05, 0) is 25.0 Å². The Morgan fingerprint density at radius 2 is 1.81 bits per heavy atom. The van der Waals surface area contributed by atoms with Crippen LogP contribution in [0.1, 0.15) is 30.8 Å². The fourth-order valence-electron chi connectivity index (χ4n) is 2.14. The van der Waals surface area contributed by atoms with Gasteiger partial charge in [-0.25, -0.2) is 19.3 Å². The van der Waals surface area contributed by atoms with Crippen molar-refractivity contribution in [1.29, 1.82) is 0 Å². The Kier molecular flexibility index (Phi) is 4.57. The lowest BCUT2D eigenvalue weighted by atomic mass is 10.0. The number of halogens is 1. The quantitative estimate of drug-likeness (QED) is 0.914. The van der Waals surface area contributed by atoms with E-state index in [1.54, 1.807) is 0 Å². The van der Waals surface area contributed by atoms with Crippen molar-refractivity contribution in [1.82, 2.24) is 15.0 Å². The SMILES string of the molecule is CCc1nc(-c2ccc(F)cn2)nc(CC)c1CC(=O)O. The molecule has 2 aromatic heterocycles. The standard InChI is InChI=1S/C15H16FN3O2/c1-3-11-10(7-14(20)21)12(4-2)19-15(18-11)13-6-5-9(16)8-17-13/h5-6,8H,3-4,7H2,1-2H3,(H,20,21). The number of pyridine rings is 1. The molecule has 2 rings (SSSR count). The van der Waals surface area contributed by atoms with Gasteiger partial charge in [-0.1, -0.05) is 13.8 Å². The summed E-state index contributed by atoms with van der Waals surface area (Å²) in [5, 5.41) is 9.01. The summed E-state index contributed by atoms with van der Waals surface area (Å²) in [5.74, 6) is -0.929. The zero-order valence-electron chi connectivity index (χ0n) is 11.9. The molecule has 5 nitrogen and oxygen atoms in total. The van der Waals surface area contributed by atoms with Crippen molar-refractivity contribution in [2.24, 2.45) is 0 Å². The van der Waals surface area contributed by atoms with Crippen molar-refractivity contribution < 1.29 is 14.3 Å². The average Bonchev–Trinajstić information content (AvgIpc) is 2.47. The maximum atomic E-state index is 12.9. The Balaban J connectivity index is 2.54. The zero-order valence-corrected chi connectivity index (χ0v) is 11.9. The van der Waals surface area contributed by atoms with E-state index in [0.717, 1.165) is 6.20 Å². The van der Waals surface area contributed by atoms with Crippen LogP contribution >= 0.6 is 0 Å². The summed E-state index contributed by atoms with van der Waals surface area (Å²) >= 11 is 0. The van der Waals surface area contributed by atoms with Crippen molar-refractivity contribution in [3.63, 3.8) is 0 Å². The van der Waals surface area contributed by atoms with E-state index in [0.29, 0.717) is 41.3 Å². The molecule has 2 aromatic rings. The van der Waals surface area contributed by atoms with Gasteiger partial charge in [-0.15, -0.1) is 0 Å². The second kappa shape index (κ2) is 6.39. The second-order valence-electron chi connectivity index (χ2n) is 4.56. The molecule has 2 heterocycles. The highest BCUT2D eigenvalue weighted by molar-refractivity contribution is 5.71. The Morgan fingerprint density at radius 3 is 2.24 bits per heavy atom. The van der Waals surface area contributed by atoms with Crippen molar-refractivity contribution >= 4 is 5.97 Å². The molecule has 0 saturated carbocycles. The molecule has 0 aromatic carbocycles. The van der Waals surface area contributed by atoms with Gasteiger partial charge in [0.25, 0.3) is 0 Å². The van der Waals surface area contributed by atoms with E-state index in [-0.39, 0.29) is 6.42 Å². The predicted molar refractivity (Wildman–Crippen MR) is 75.3 cm³/mol. The largest absolute Gasteiger partial charge is 0.481 e. The fraction of sp³-hybridized carbons (Fsp3) is 0.333. The van der Waals surface area contributed by atoms with Crippen LogP contribution in [-0.2, 0) is 24.1 Å². The summed E-state index contributed by atoms with van der Waals surface area (Å²) in [6.07, 6.45) is 2.23. The van der Waals surface area contributed by atoms with Gasteiger partial charge in [-0.2, -0.15) is 0 Å². The van der Waals surface area contributed by atoms with Gasteiger partial charge in [-0.3, -0.25) is 4.79 Å². The molecule has 0 aliphatic heterocycles. The Bertz CT molecular complexity index is 631. The molecular weight excluding hydrogens is 273 g/mol. The highest BCUT2D eigenvalue weighted by Crippen LogP contribution is 2.20. The summed E-state index contributed by atoms with van der Waals surface area (Å²) in [7, 11) is 0. The number of carboxylic acid groups (broad SMARTS) is 1. The maximum absolute atomic E-state index is 12.9. The third-order valence-corrected chi connectivity index (χ3v) is 3.13. The van der Waals surface area contributed by atoms with Crippen LogP contribution in [0.5, 0.6) is 0 Å². The number of carbonyl (C=O) groups is 1. The Hall–Kier alpha value is -2.37. The Morgan fingerprint density at radius 1 is 1.19 bits per heavy atom. The number of hydrogen-bond acceptors (Lipinski definition) is 4. The summed E-state index contributed by atoms with van der Waals surface area (Å²) in [6.45, 7) is 3.82. The van der Waals surface area contributed by atoms with Crippen molar-refractivity contribution in [3.8, 4) is 11.5 Å². The smallest absolute Gasteiger partial charge is 0.307 e. The minimum atomic E-state index is -0.907. The number of nitrogens with zero attached hydrogens (tertiary/aromatic N) is 3. The molecule has 0 unspecified atom stereocenters.